The van der Waals surface area contributed by atoms with Crippen LogP contribution in [0.1, 0.15) is 21.7 Å². The van der Waals surface area contributed by atoms with Gasteiger partial charge in [0.2, 0.25) is 0 Å². The second-order valence-electron chi connectivity index (χ2n) is 6.51. The van der Waals surface area contributed by atoms with Gasteiger partial charge in [-0.15, -0.1) is 11.3 Å². The van der Waals surface area contributed by atoms with E-state index in [1.807, 2.05) is 5.38 Å². The molecule has 6 nitrogen and oxygen atoms in total. The highest BCUT2D eigenvalue weighted by Gasteiger charge is 2.28. The molecule has 0 spiro atoms. The highest BCUT2D eigenvalue weighted by Crippen LogP contribution is 2.30. The van der Waals surface area contributed by atoms with Crippen LogP contribution in [0.4, 0.5) is 13.2 Å². The minimum atomic E-state index is -1.56. The van der Waals surface area contributed by atoms with Crippen LogP contribution < -0.4 is 0 Å². The van der Waals surface area contributed by atoms with E-state index in [-0.39, 0.29) is 22.5 Å². The maximum atomic E-state index is 14.0. The lowest BCUT2D eigenvalue weighted by Crippen LogP contribution is -2.36. The summed E-state index contributed by atoms with van der Waals surface area (Å²) in [6.45, 7) is 0.739. The maximum Gasteiger partial charge on any atom is 0.270 e. The van der Waals surface area contributed by atoms with Gasteiger partial charge in [0.15, 0.2) is 17.5 Å². The lowest BCUT2D eigenvalue weighted by Gasteiger charge is -2.26. The first-order chi connectivity index (χ1) is 13.5. The summed E-state index contributed by atoms with van der Waals surface area (Å²) < 4.78 is 40.9. The molecule has 1 aliphatic rings. The topological polar surface area (TPSA) is 77.7 Å². The van der Waals surface area contributed by atoms with E-state index in [0.29, 0.717) is 25.2 Å². The molecule has 0 saturated heterocycles. The van der Waals surface area contributed by atoms with E-state index in [1.165, 1.54) is 17.4 Å². The summed E-state index contributed by atoms with van der Waals surface area (Å²) in [5.74, 6) is -4.56. The smallest absolute Gasteiger partial charge is 0.270 e. The van der Waals surface area contributed by atoms with E-state index in [1.54, 1.807) is 10.4 Å². The molecule has 1 aromatic carbocycles. The Morgan fingerprint density at radius 2 is 2.07 bits per heavy atom. The summed E-state index contributed by atoms with van der Waals surface area (Å²) in [7, 11) is 0. The second kappa shape index (κ2) is 6.20. The largest absolute Gasteiger partial charge is 0.350 e. The summed E-state index contributed by atoms with van der Waals surface area (Å²) in [5.41, 5.74) is 5.06. The Labute approximate surface area is 160 Å². The quantitative estimate of drug-likeness (QED) is 0.502. The van der Waals surface area contributed by atoms with Gasteiger partial charge in [-0.25, -0.2) is 18.2 Å². The predicted molar refractivity (Wildman–Crippen MR) is 96.3 cm³/mol. The fraction of sp³-hybridized carbons (Fsp3) is 0.167. The van der Waals surface area contributed by atoms with Crippen molar-refractivity contribution in [3.05, 3.63) is 57.4 Å². The Balaban J connectivity index is 1.48. The first-order valence-corrected chi connectivity index (χ1v) is 9.37. The number of fused-ring (bicyclic) bond motifs is 2. The van der Waals surface area contributed by atoms with Crippen LogP contribution in [0.3, 0.4) is 0 Å². The van der Waals surface area contributed by atoms with Gasteiger partial charge in [-0.1, -0.05) is 0 Å². The fourth-order valence-electron chi connectivity index (χ4n) is 3.47. The summed E-state index contributed by atoms with van der Waals surface area (Å²) in [6.07, 6.45) is 0.579. The van der Waals surface area contributed by atoms with Crippen LogP contribution in [0, 0.1) is 17.5 Å². The lowest BCUT2D eigenvalue weighted by atomic mass is 10.0. The Bertz CT molecular complexity index is 1210. The van der Waals surface area contributed by atoms with Crippen molar-refractivity contribution in [2.45, 2.75) is 13.0 Å². The van der Waals surface area contributed by atoms with Gasteiger partial charge in [0, 0.05) is 41.1 Å². The number of nitrogens with zero attached hydrogens (tertiary/aromatic N) is 3. The first-order valence-electron chi connectivity index (χ1n) is 8.43. The van der Waals surface area contributed by atoms with Crippen LogP contribution in [0.15, 0.2) is 23.0 Å². The Morgan fingerprint density at radius 1 is 1.21 bits per heavy atom. The normalized spacial score (nSPS) is 13.9. The molecule has 0 radical (unpaired) electrons. The van der Waals surface area contributed by atoms with Gasteiger partial charge in [-0.05, 0) is 6.07 Å². The number of hydrogen-bond acceptors (Lipinski definition) is 4. The van der Waals surface area contributed by atoms with E-state index >= 15 is 0 Å². The summed E-state index contributed by atoms with van der Waals surface area (Å²) in [6, 6.07) is 2.05. The van der Waals surface area contributed by atoms with Crippen molar-refractivity contribution in [2.75, 3.05) is 6.54 Å². The zero-order chi connectivity index (χ0) is 19.4. The number of hydrogen-bond donors (Lipinski definition) is 2. The summed E-state index contributed by atoms with van der Waals surface area (Å²) in [5, 5.41) is 9.02. The molecule has 0 atom stereocenters. The standard InChI is InChI=1S/C18H12F3N5OS/c19-10-4-12-8(15(20)16(10)21)3-13(23-12)18(27)26-2-1-11-9(5-26)17(25-24-11)14-6-28-7-22-14/h3-4,6-7,23H,1-2,5H2,(H,24,25). The average Bonchev–Trinajstić information content (AvgIpc) is 3.43. The third kappa shape index (κ3) is 2.52. The summed E-state index contributed by atoms with van der Waals surface area (Å²) >= 11 is 1.45. The Morgan fingerprint density at radius 3 is 2.86 bits per heavy atom. The number of halogens is 3. The van der Waals surface area contributed by atoms with Gasteiger partial charge in [-0.2, -0.15) is 5.10 Å². The van der Waals surface area contributed by atoms with E-state index in [0.717, 1.165) is 23.0 Å². The second-order valence-corrected chi connectivity index (χ2v) is 7.23. The van der Waals surface area contributed by atoms with Gasteiger partial charge in [-0.3, -0.25) is 9.89 Å². The van der Waals surface area contributed by atoms with E-state index in [4.69, 9.17) is 0 Å². The molecule has 142 valence electrons. The van der Waals surface area contributed by atoms with Crippen LogP contribution in [0.5, 0.6) is 0 Å². The number of amides is 1. The Kier molecular flexibility index (Phi) is 3.76. The molecule has 10 heteroatoms. The van der Waals surface area contributed by atoms with E-state index < -0.39 is 17.5 Å². The number of rotatable bonds is 2. The highest BCUT2D eigenvalue weighted by atomic mass is 32.1. The SMILES string of the molecule is O=C(c1cc2c(F)c(F)c(F)cc2[nH]1)N1CCc2[nH]nc(-c3cscn3)c2C1. The van der Waals surface area contributed by atoms with E-state index in [2.05, 4.69) is 20.2 Å². The van der Waals surface area contributed by atoms with Crippen LogP contribution in [0.25, 0.3) is 22.3 Å². The molecular formula is C18H12F3N5OS. The van der Waals surface area contributed by atoms with Crippen LogP contribution in [-0.2, 0) is 13.0 Å². The van der Waals surface area contributed by atoms with Gasteiger partial charge >= 0.3 is 0 Å². The maximum absolute atomic E-state index is 14.0. The van der Waals surface area contributed by atoms with E-state index in [9.17, 15) is 18.0 Å². The predicted octanol–water partition coefficient (Wildman–Crippen LogP) is 3.63. The molecule has 1 aliphatic heterocycles. The molecule has 28 heavy (non-hydrogen) atoms. The number of aromatic nitrogens is 4. The average molecular weight is 403 g/mol. The van der Waals surface area contributed by atoms with Gasteiger partial charge in [0.05, 0.1) is 17.6 Å². The number of thiazole rings is 1. The van der Waals surface area contributed by atoms with Crippen LogP contribution >= 0.6 is 11.3 Å². The number of aromatic amines is 2. The zero-order valence-corrected chi connectivity index (χ0v) is 15.0. The molecule has 0 fully saturated rings. The number of carbonyl (C=O) groups is 1. The van der Waals surface area contributed by atoms with Crippen molar-refractivity contribution >= 4 is 28.1 Å². The number of benzene rings is 1. The third-order valence-corrected chi connectivity index (χ3v) is 5.47. The molecule has 3 aromatic heterocycles. The van der Waals surface area contributed by atoms with Gasteiger partial charge < -0.3 is 9.88 Å². The zero-order valence-electron chi connectivity index (χ0n) is 14.2. The number of carbonyl (C=O) groups excluding carboxylic acids is 1. The number of nitrogens with one attached hydrogen (secondary N) is 2. The van der Waals surface area contributed by atoms with Crippen molar-refractivity contribution in [1.82, 2.24) is 25.1 Å². The molecule has 0 unspecified atom stereocenters. The van der Waals surface area contributed by atoms with Crippen molar-refractivity contribution < 1.29 is 18.0 Å². The molecule has 0 bridgehead atoms. The first kappa shape index (κ1) is 17.0. The molecule has 0 saturated carbocycles. The Hall–Kier alpha value is -3.14. The van der Waals surface area contributed by atoms with Crippen molar-refractivity contribution in [1.29, 1.82) is 0 Å². The minimum absolute atomic E-state index is 0.0314. The minimum Gasteiger partial charge on any atom is -0.350 e. The fourth-order valence-corrected chi connectivity index (χ4v) is 4.01. The monoisotopic (exact) mass is 403 g/mol. The molecule has 4 aromatic rings. The number of H-pyrrole nitrogens is 2. The van der Waals surface area contributed by atoms with Crippen molar-refractivity contribution in [3.63, 3.8) is 0 Å². The molecular weight excluding hydrogens is 391 g/mol. The lowest BCUT2D eigenvalue weighted by molar-refractivity contribution is 0.0729. The summed E-state index contributed by atoms with van der Waals surface area (Å²) in [4.78, 5) is 21.5. The van der Waals surface area contributed by atoms with Crippen molar-refractivity contribution in [3.8, 4) is 11.4 Å². The van der Waals surface area contributed by atoms with Crippen LogP contribution in [0.2, 0.25) is 0 Å². The molecule has 0 aliphatic carbocycles. The molecule has 4 heterocycles. The highest BCUT2D eigenvalue weighted by molar-refractivity contribution is 7.07. The molecule has 5 rings (SSSR count). The van der Waals surface area contributed by atoms with Crippen molar-refractivity contribution in [2.24, 2.45) is 0 Å². The third-order valence-electron chi connectivity index (χ3n) is 4.88. The molecule has 1 amide bonds. The van der Waals surface area contributed by atoms with Crippen LogP contribution in [-0.4, -0.2) is 37.5 Å². The van der Waals surface area contributed by atoms with Gasteiger partial charge in [0.25, 0.3) is 5.91 Å². The van der Waals surface area contributed by atoms with Gasteiger partial charge in [0.1, 0.15) is 17.1 Å². The molecule has 2 N–H and O–H groups in total.